The SMILES string of the molecule is CCOc1c(C=NO)cccc1OC. The van der Waals surface area contributed by atoms with Crippen molar-refractivity contribution >= 4 is 6.21 Å². The molecule has 0 spiro atoms. The monoisotopic (exact) mass is 195 g/mol. The number of benzene rings is 1. The average Bonchev–Trinajstić information content (AvgIpc) is 2.21. The second-order valence-corrected chi connectivity index (χ2v) is 2.56. The molecule has 0 fully saturated rings. The van der Waals surface area contributed by atoms with Crippen molar-refractivity contribution < 1.29 is 14.7 Å². The third-order valence-electron chi connectivity index (χ3n) is 1.71. The fraction of sp³-hybridized carbons (Fsp3) is 0.300. The quantitative estimate of drug-likeness (QED) is 0.453. The normalized spacial score (nSPS) is 10.4. The topological polar surface area (TPSA) is 51.0 Å². The molecule has 14 heavy (non-hydrogen) atoms. The largest absolute Gasteiger partial charge is 0.493 e. The Kier molecular flexibility index (Phi) is 3.79. The first-order valence-electron chi connectivity index (χ1n) is 4.30. The van der Waals surface area contributed by atoms with Crippen LogP contribution in [0, 0.1) is 0 Å². The smallest absolute Gasteiger partial charge is 0.169 e. The summed E-state index contributed by atoms with van der Waals surface area (Å²) >= 11 is 0. The van der Waals surface area contributed by atoms with Gasteiger partial charge in [0.05, 0.1) is 19.9 Å². The summed E-state index contributed by atoms with van der Waals surface area (Å²) in [6.45, 7) is 2.42. The number of ether oxygens (including phenoxy) is 2. The highest BCUT2D eigenvalue weighted by Gasteiger charge is 2.07. The summed E-state index contributed by atoms with van der Waals surface area (Å²) in [5.74, 6) is 1.22. The molecule has 4 nitrogen and oxygen atoms in total. The Hall–Kier alpha value is -1.71. The molecule has 0 amide bonds. The zero-order valence-electron chi connectivity index (χ0n) is 8.23. The predicted octanol–water partition coefficient (Wildman–Crippen LogP) is 1.90. The Morgan fingerprint density at radius 3 is 2.86 bits per heavy atom. The summed E-state index contributed by atoms with van der Waals surface area (Å²) in [6.07, 6.45) is 1.31. The van der Waals surface area contributed by atoms with Crippen molar-refractivity contribution in [2.45, 2.75) is 6.92 Å². The molecule has 0 unspecified atom stereocenters. The number of para-hydroxylation sites is 1. The second-order valence-electron chi connectivity index (χ2n) is 2.56. The van der Waals surface area contributed by atoms with Crippen LogP contribution in [0.25, 0.3) is 0 Å². The van der Waals surface area contributed by atoms with E-state index in [4.69, 9.17) is 14.7 Å². The molecule has 0 aliphatic carbocycles. The standard InChI is InChI=1S/C10H13NO3/c1-3-14-10-8(7-11-12)5-4-6-9(10)13-2/h4-7,12H,3H2,1-2H3. The first-order chi connectivity index (χ1) is 6.83. The van der Waals surface area contributed by atoms with E-state index in [1.54, 1.807) is 25.3 Å². The molecule has 0 heterocycles. The lowest BCUT2D eigenvalue weighted by Crippen LogP contribution is -1.99. The van der Waals surface area contributed by atoms with Crippen LogP contribution in [-0.4, -0.2) is 25.1 Å². The average molecular weight is 195 g/mol. The summed E-state index contributed by atoms with van der Waals surface area (Å²) in [7, 11) is 1.57. The second kappa shape index (κ2) is 5.11. The van der Waals surface area contributed by atoms with E-state index in [-0.39, 0.29) is 0 Å². The number of oxime groups is 1. The van der Waals surface area contributed by atoms with Crippen molar-refractivity contribution in [3.8, 4) is 11.5 Å². The molecule has 0 aliphatic heterocycles. The van der Waals surface area contributed by atoms with Crippen molar-refractivity contribution in [3.05, 3.63) is 23.8 Å². The van der Waals surface area contributed by atoms with Gasteiger partial charge >= 0.3 is 0 Å². The van der Waals surface area contributed by atoms with Gasteiger partial charge in [-0.1, -0.05) is 11.2 Å². The Balaban J connectivity index is 3.13. The molecule has 0 aliphatic rings. The lowest BCUT2D eigenvalue weighted by Gasteiger charge is -2.10. The van der Waals surface area contributed by atoms with Gasteiger partial charge in [-0.25, -0.2) is 0 Å². The summed E-state index contributed by atoms with van der Waals surface area (Å²) in [5.41, 5.74) is 0.689. The number of hydrogen-bond donors (Lipinski definition) is 1. The van der Waals surface area contributed by atoms with Crippen molar-refractivity contribution in [1.82, 2.24) is 0 Å². The third kappa shape index (κ3) is 2.16. The molecule has 0 saturated carbocycles. The van der Waals surface area contributed by atoms with E-state index < -0.39 is 0 Å². The first-order valence-corrected chi connectivity index (χ1v) is 4.30. The first kappa shape index (κ1) is 10.4. The minimum absolute atomic E-state index is 0.534. The molecule has 0 aromatic heterocycles. The predicted molar refractivity (Wildman–Crippen MR) is 53.5 cm³/mol. The van der Waals surface area contributed by atoms with Gasteiger partial charge in [-0.2, -0.15) is 0 Å². The molecule has 76 valence electrons. The molecular formula is C10H13NO3. The van der Waals surface area contributed by atoms with E-state index in [0.29, 0.717) is 23.7 Å². The van der Waals surface area contributed by atoms with Crippen LogP contribution in [-0.2, 0) is 0 Å². The van der Waals surface area contributed by atoms with Gasteiger partial charge in [0, 0.05) is 5.56 Å². The summed E-state index contributed by atoms with van der Waals surface area (Å²) in [5, 5.41) is 11.4. The van der Waals surface area contributed by atoms with Gasteiger partial charge in [-0.05, 0) is 19.1 Å². The summed E-state index contributed by atoms with van der Waals surface area (Å²) in [4.78, 5) is 0. The molecule has 0 bridgehead atoms. The van der Waals surface area contributed by atoms with E-state index in [1.165, 1.54) is 6.21 Å². The molecule has 1 N–H and O–H groups in total. The van der Waals surface area contributed by atoms with E-state index in [2.05, 4.69) is 5.16 Å². The Morgan fingerprint density at radius 1 is 1.50 bits per heavy atom. The van der Waals surface area contributed by atoms with Crippen LogP contribution in [0.15, 0.2) is 23.4 Å². The molecule has 0 atom stereocenters. The Morgan fingerprint density at radius 2 is 2.29 bits per heavy atom. The lowest BCUT2D eigenvalue weighted by molar-refractivity contribution is 0.308. The number of methoxy groups -OCH3 is 1. The maximum Gasteiger partial charge on any atom is 0.169 e. The molecule has 1 rings (SSSR count). The van der Waals surface area contributed by atoms with E-state index in [1.807, 2.05) is 6.92 Å². The Bertz CT molecular complexity index is 323. The van der Waals surface area contributed by atoms with E-state index in [0.717, 1.165) is 0 Å². The summed E-state index contributed by atoms with van der Waals surface area (Å²) < 4.78 is 10.5. The van der Waals surface area contributed by atoms with Crippen molar-refractivity contribution in [2.75, 3.05) is 13.7 Å². The zero-order valence-corrected chi connectivity index (χ0v) is 8.23. The van der Waals surface area contributed by atoms with Crippen molar-refractivity contribution in [1.29, 1.82) is 0 Å². The van der Waals surface area contributed by atoms with Gasteiger partial charge in [0.2, 0.25) is 0 Å². The van der Waals surface area contributed by atoms with Crippen LogP contribution in [0.5, 0.6) is 11.5 Å². The van der Waals surface area contributed by atoms with Crippen LogP contribution >= 0.6 is 0 Å². The molecule has 1 aromatic carbocycles. The maximum absolute atomic E-state index is 8.45. The minimum Gasteiger partial charge on any atom is -0.493 e. The fourth-order valence-corrected chi connectivity index (χ4v) is 1.16. The number of rotatable bonds is 4. The number of hydrogen-bond acceptors (Lipinski definition) is 4. The molecule has 0 saturated heterocycles. The minimum atomic E-state index is 0.534. The maximum atomic E-state index is 8.45. The van der Waals surface area contributed by atoms with Gasteiger partial charge in [0.1, 0.15) is 0 Å². The van der Waals surface area contributed by atoms with Crippen LogP contribution < -0.4 is 9.47 Å². The van der Waals surface area contributed by atoms with Crippen LogP contribution in [0.4, 0.5) is 0 Å². The van der Waals surface area contributed by atoms with E-state index in [9.17, 15) is 0 Å². The fourth-order valence-electron chi connectivity index (χ4n) is 1.16. The molecule has 0 radical (unpaired) electrons. The number of nitrogens with zero attached hydrogens (tertiary/aromatic N) is 1. The summed E-state index contributed by atoms with van der Waals surface area (Å²) in [6, 6.07) is 5.38. The van der Waals surface area contributed by atoms with Crippen LogP contribution in [0.1, 0.15) is 12.5 Å². The molecule has 4 heteroatoms. The third-order valence-corrected chi connectivity index (χ3v) is 1.71. The molecular weight excluding hydrogens is 182 g/mol. The van der Waals surface area contributed by atoms with Gasteiger partial charge in [-0.3, -0.25) is 0 Å². The van der Waals surface area contributed by atoms with Gasteiger partial charge < -0.3 is 14.7 Å². The zero-order chi connectivity index (χ0) is 10.4. The van der Waals surface area contributed by atoms with Crippen LogP contribution in [0.2, 0.25) is 0 Å². The van der Waals surface area contributed by atoms with Gasteiger partial charge in [0.15, 0.2) is 11.5 Å². The Labute approximate surface area is 82.8 Å². The highest BCUT2D eigenvalue weighted by molar-refractivity contribution is 5.84. The van der Waals surface area contributed by atoms with Crippen molar-refractivity contribution in [2.24, 2.45) is 5.16 Å². The van der Waals surface area contributed by atoms with Crippen molar-refractivity contribution in [3.63, 3.8) is 0 Å². The molecule has 1 aromatic rings. The highest BCUT2D eigenvalue weighted by Crippen LogP contribution is 2.29. The highest BCUT2D eigenvalue weighted by atomic mass is 16.5. The van der Waals surface area contributed by atoms with Gasteiger partial charge in [0.25, 0.3) is 0 Å². The van der Waals surface area contributed by atoms with E-state index >= 15 is 0 Å². The lowest BCUT2D eigenvalue weighted by atomic mass is 10.2. The van der Waals surface area contributed by atoms with Gasteiger partial charge in [-0.15, -0.1) is 0 Å². The van der Waals surface area contributed by atoms with Crippen LogP contribution in [0.3, 0.4) is 0 Å².